The average Bonchev–Trinajstić information content (AvgIpc) is 3.13. The molecular formula is C20H19N7O2. The SMILES string of the molecule is Cc1ccc2cc([C@@H]3c4nc[nH]c4CCN3C(=O)c3nnc(C4CC4)o3)nn2c1. The number of imidazole rings is 1. The lowest BCUT2D eigenvalue weighted by Gasteiger charge is -2.32. The standard InChI is InChI=1S/C20H19N7O2/c1-11-2-5-13-8-15(25-27(13)9-11)17-16-14(21-10-22-16)6-7-26(17)20(28)19-24-23-18(29-19)12-3-4-12/h2,5,8-10,12,17H,3-4,6-7H2,1H3,(H,21,22)/t17-/m1/s1. The molecule has 1 saturated carbocycles. The van der Waals surface area contributed by atoms with E-state index in [1.807, 2.05) is 35.8 Å². The lowest BCUT2D eigenvalue weighted by molar-refractivity contribution is 0.0644. The van der Waals surface area contributed by atoms with Crippen LogP contribution in [0.3, 0.4) is 0 Å². The van der Waals surface area contributed by atoms with Gasteiger partial charge in [-0.25, -0.2) is 9.50 Å². The Kier molecular flexibility index (Phi) is 3.41. The van der Waals surface area contributed by atoms with Gasteiger partial charge in [-0.1, -0.05) is 6.07 Å². The van der Waals surface area contributed by atoms with E-state index in [0.717, 1.165) is 41.0 Å². The van der Waals surface area contributed by atoms with Crippen LogP contribution in [0.15, 0.2) is 35.1 Å². The van der Waals surface area contributed by atoms with Crippen LogP contribution in [0, 0.1) is 6.92 Å². The summed E-state index contributed by atoms with van der Waals surface area (Å²) in [5, 5.41) is 12.8. The first-order chi connectivity index (χ1) is 14.2. The van der Waals surface area contributed by atoms with Gasteiger partial charge in [-0.05, 0) is 37.5 Å². The fraction of sp³-hybridized carbons (Fsp3) is 0.350. The van der Waals surface area contributed by atoms with Crippen LogP contribution in [0.4, 0.5) is 0 Å². The molecule has 2 aliphatic rings. The molecule has 4 aromatic rings. The van der Waals surface area contributed by atoms with Gasteiger partial charge in [-0.3, -0.25) is 4.79 Å². The summed E-state index contributed by atoms with van der Waals surface area (Å²) in [6.07, 6.45) is 6.41. The molecule has 9 heteroatoms. The van der Waals surface area contributed by atoms with Crippen LogP contribution in [0.2, 0.25) is 0 Å². The Morgan fingerprint density at radius 1 is 1.28 bits per heavy atom. The van der Waals surface area contributed by atoms with Crippen molar-refractivity contribution in [1.29, 1.82) is 0 Å². The molecule has 0 bridgehead atoms. The number of aryl methyl sites for hydroxylation is 1. The number of H-pyrrole nitrogens is 1. The molecule has 0 unspecified atom stereocenters. The first-order valence-electron chi connectivity index (χ1n) is 9.80. The molecule has 0 spiro atoms. The van der Waals surface area contributed by atoms with E-state index < -0.39 is 6.04 Å². The number of nitrogens with one attached hydrogen (secondary N) is 1. The molecule has 9 nitrogen and oxygen atoms in total. The lowest BCUT2D eigenvalue weighted by atomic mass is 9.99. The van der Waals surface area contributed by atoms with Crippen molar-refractivity contribution < 1.29 is 9.21 Å². The zero-order valence-corrected chi connectivity index (χ0v) is 15.9. The number of amides is 1. The number of hydrogen-bond donors (Lipinski definition) is 1. The van der Waals surface area contributed by atoms with Crippen LogP contribution >= 0.6 is 0 Å². The van der Waals surface area contributed by atoms with E-state index in [-0.39, 0.29) is 11.8 Å². The summed E-state index contributed by atoms with van der Waals surface area (Å²) in [5.41, 5.74) is 4.68. The molecule has 0 saturated heterocycles. The highest BCUT2D eigenvalue weighted by molar-refractivity contribution is 5.90. The van der Waals surface area contributed by atoms with Crippen LogP contribution in [-0.4, -0.2) is 47.1 Å². The van der Waals surface area contributed by atoms with Crippen molar-refractivity contribution in [3.8, 4) is 0 Å². The molecule has 146 valence electrons. The summed E-state index contributed by atoms with van der Waals surface area (Å²) in [5.74, 6) is 0.623. The van der Waals surface area contributed by atoms with Gasteiger partial charge < -0.3 is 14.3 Å². The first kappa shape index (κ1) is 16.5. The van der Waals surface area contributed by atoms with E-state index in [2.05, 4.69) is 20.2 Å². The zero-order valence-electron chi connectivity index (χ0n) is 15.9. The number of nitrogens with zero attached hydrogens (tertiary/aromatic N) is 6. The molecule has 1 amide bonds. The molecule has 1 fully saturated rings. The van der Waals surface area contributed by atoms with Crippen molar-refractivity contribution in [2.75, 3.05) is 6.54 Å². The molecule has 1 N–H and O–H groups in total. The van der Waals surface area contributed by atoms with E-state index in [1.165, 1.54) is 0 Å². The quantitative estimate of drug-likeness (QED) is 0.577. The average molecular weight is 389 g/mol. The van der Waals surface area contributed by atoms with Crippen LogP contribution in [0.5, 0.6) is 0 Å². The summed E-state index contributed by atoms with van der Waals surface area (Å²) in [7, 11) is 0. The highest BCUT2D eigenvalue weighted by Gasteiger charge is 2.39. The van der Waals surface area contributed by atoms with Crippen molar-refractivity contribution >= 4 is 11.4 Å². The van der Waals surface area contributed by atoms with Crippen molar-refractivity contribution in [1.82, 2.24) is 34.7 Å². The Balaban J connectivity index is 1.43. The Morgan fingerprint density at radius 2 is 2.17 bits per heavy atom. The van der Waals surface area contributed by atoms with Gasteiger partial charge >= 0.3 is 11.8 Å². The Hall–Kier alpha value is -3.49. The highest BCUT2D eigenvalue weighted by Crippen LogP contribution is 2.39. The second-order valence-electron chi connectivity index (χ2n) is 7.78. The maximum Gasteiger partial charge on any atom is 0.312 e. The summed E-state index contributed by atoms with van der Waals surface area (Å²) < 4.78 is 7.52. The summed E-state index contributed by atoms with van der Waals surface area (Å²) in [6, 6.07) is 5.65. The molecule has 6 rings (SSSR count). The third kappa shape index (κ3) is 2.65. The van der Waals surface area contributed by atoms with Crippen LogP contribution < -0.4 is 0 Å². The maximum atomic E-state index is 13.3. The van der Waals surface area contributed by atoms with Gasteiger partial charge in [-0.15, -0.1) is 10.2 Å². The monoisotopic (exact) mass is 389 g/mol. The minimum absolute atomic E-state index is 0.0375. The number of aromatic nitrogens is 6. The summed E-state index contributed by atoms with van der Waals surface area (Å²) >= 11 is 0. The fourth-order valence-electron chi connectivity index (χ4n) is 3.98. The topological polar surface area (TPSA) is 105 Å². The molecule has 29 heavy (non-hydrogen) atoms. The van der Waals surface area contributed by atoms with Crippen molar-refractivity contribution in [3.63, 3.8) is 0 Å². The number of hydrogen-bond acceptors (Lipinski definition) is 6. The molecule has 0 aromatic carbocycles. The van der Waals surface area contributed by atoms with E-state index >= 15 is 0 Å². The number of pyridine rings is 1. The van der Waals surface area contributed by atoms with E-state index in [4.69, 9.17) is 9.52 Å². The van der Waals surface area contributed by atoms with Gasteiger partial charge in [0.15, 0.2) is 0 Å². The van der Waals surface area contributed by atoms with Crippen molar-refractivity contribution in [2.24, 2.45) is 0 Å². The fourth-order valence-corrected chi connectivity index (χ4v) is 3.98. The number of rotatable bonds is 3. The van der Waals surface area contributed by atoms with Gasteiger partial charge in [0.1, 0.15) is 6.04 Å². The molecule has 5 heterocycles. The van der Waals surface area contributed by atoms with Crippen molar-refractivity contribution in [2.45, 2.75) is 38.1 Å². The Bertz CT molecular complexity index is 1230. The zero-order chi connectivity index (χ0) is 19.5. The predicted molar refractivity (Wildman–Crippen MR) is 101 cm³/mol. The van der Waals surface area contributed by atoms with Gasteiger partial charge in [0.05, 0.1) is 23.2 Å². The Labute approximate surface area is 165 Å². The van der Waals surface area contributed by atoms with Gasteiger partial charge in [0.2, 0.25) is 5.89 Å². The van der Waals surface area contributed by atoms with E-state index in [0.29, 0.717) is 24.8 Å². The summed E-state index contributed by atoms with van der Waals surface area (Å²) in [6.45, 7) is 2.54. The first-order valence-corrected chi connectivity index (χ1v) is 9.80. The largest absolute Gasteiger partial charge is 0.417 e. The summed E-state index contributed by atoms with van der Waals surface area (Å²) in [4.78, 5) is 22.7. The molecule has 0 radical (unpaired) electrons. The number of carbonyl (C=O) groups excluding carboxylic acids is 1. The number of aromatic amines is 1. The van der Waals surface area contributed by atoms with E-state index in [1.54, 1.807) is 11.2 Å². The smallest absolute Gasteiger partial charge is 0.312 e. The minimum atomic E-state index is -0.408. The second-order valence-corrected chi connectivity index (χ2v) is 7.78. The minimum Gasteiger partial charge on any atom is -0.417 e. The van der Waals surface area contributed by atoms with Gasteiger partial charge in [0, 0.05) is 30.8 Å². The van der Waals surface area contributed by atoms with Gasteiger partial charge in [-0.2, -0.15) is 5.10 Å². The third-order valence-electron chi connectivity index (χ3n) is 5.64. The Morgan fingerprint density at radius 3 is 3.03 bits per heavy atom. The lowest BCUT2D eigenvalue weighted by Crippen LogP contribution is -2.41. The molecule has 1 atom stereocenters. The second kappa shape index (κ2) is 6.00. The van der Waals surface area contributed by atoms with Crippen molar-refractivity contribution in [3.05, 3.63) is 65.1 Å². The third-order valence-corrected chi connectivity index (χ3v) is 5.64. The van der Waals surface area contributed by atoms with Crippen LogP contribution in [0.1, 0.15) is 64.0 Å². The van der Waals surface area contributed by atoms with Crippen LogP contribution in [-0.2, 0) is 6.42 Å². The predicted octanol–water partition coefficient (Wildman–Crippen LogP) is 2.41. The molecule has 4 aromatic heterocycles. The number of fused-ring (bicyclic) bond motifs is 2. The number of carbonyl (C=O) groups is 1. The molecular weight excluding hydrogens is 370 g/mol. The van der Waals surface area contributed by atoms with Gasteiger partial charge in [0.25, 0.3) is 0 Å². The molecule has 1 aliphatic carbocycles. The maximum absolute atomic E-state index is 13.3. The van der Waals surface area contributed by atoms with E-state index in [9.17, 15) is 4.79 Å². The normalized spacial score (nSPS) is 18.9. The molecule has 1 aliphatic heterocycles. The highest BCUT2D eigenvalue weighted by atomic mass is 16.4. The van der Waals surface area contributed by atoms with Crippen LogP contribution in [0.25, 0.3) is 5.52 Å².